The van der Waals surface area contributed by atoms with E-state index in [9.17, 15) is 0 Å². The molecule has 1 aromatic heterocycles. The van der Waals surface area contributed by atoms with Crippen LogP contribution in [0.5, 0.6) is 0 Å². The predicted octanol–water partition coefficient (Wildman–Crippen LogP) is 5.93. The topological polar surface area (TPSA) is 12.0 Å². The molecule has 1 N–H and O–H groups in total. The summed E-state index contributed by atoms with van der Waals surface area (Å²) in [5.41, 5.74) is 2.27. The molecular formula is C15H11BrClNS. The third kappa shape index (κ3) is 2.94. The van der Waals surface area contributed by atoms with Gasteiger partial charge in [0.2, 0.25) is 0 Å². The molecule has 0 aliphatic rings. The number of anilines is 1. The van der Waals surface area contributed by atoms with Crippen LogP contribution in [0.25, 0.3) is 10.1 Å². The van der Waals surface area contributed by atoms with Gasteiger partial charge in [-0.2, -0.15) is 0 Å². The van der Waals surface area contributed by atoms with Crippen molar-refractivity contribution in [3.63, 3.8) is 0 Å². The summed E-state index contributed by atoms with van der Waals surface area (Å²) in [4.78, 5) is 0. The Labute approximate surface area is 129 Å². The standard InChI is InChI=1S/C15H11BrClNS/c16-14-3-1-12(17)7-11(14)9-18-13-2-4-15-10(8-13)5-6-19-15/h1-8,18H,9H2. The third-order valence-corrected chi connectivity index (χ3v) is 4.85. The Bertz CT molecular complexity index is 723. The molecule has 0 aliphatic carbocycles. The van der Waals surface area contributed by atoms with Crippen molar-refractivity contribution in [1.82, 2.24) is 0 Å². The minimum Gasteiger partial charge on any atom is -0.381 e. The van der Waals surface area contributed by atoms with E-state index >= 15 is 0 Å². The summed E-state index contributed by atoms with van der Waals surface area (Å²) in [5.74, 6) is 0. The molecular weight excluding hydrogens is 342 g/mol. The number of benzene rings is 2. The van der Waals surface area contributed by atoms with E-state index in [2.05, 4.69) is 50.9 Å². The Kier molecular flexibility index (Phi) is 3.78. The maximum absolute atomic E-state index is 6.01. The molecule has 1 nitrogen and oxygen atoms in total. The van der Waals surface area contributed by atoms with Crippen LogP contribution in [0.15, 0.2) is 52.3 Å². The van der Waals surface area contributed by atoms with E-state index in [0.717, 1.165) is 27.3 Å². The van der Waals surface area contributed by atoms with Gasteiger partial charge in [-0.05, 0) is 58.8 Å². The molecule has 0 spiro atoms. The first-order valence-electron chi connectivity index (χ1n) is 5.87. The van der Waals surface area contributed by atoms with Crippen LogP contribution in [0, 0.1) is 0 Å². The normalized spacial score (nSPS) is 10.8. The number of fused-ring (bicyclic) bond motifs is 1. The number of hydrogen-bond acceptors (Lipinski definition) is 2. The van der Waals surface area contributed by atoms with Gasteiger partial charge in [-0.3, -0.25) is 0 Å². The van der Waals surface area contributed by atoms with Crippen LogP contribution in [-0.4, -0.2) is 0 Å². The number of thiophene rings is 1. The van der Waals surface area contributed by atoms with Crippen LogP contribution in [0.4, 0.5) is 5.69 Å². The Morgan fingerprint density at radius 2 is 2.00 bits per heavy atom. The van der Waals surface area contributed by atoms with E-state index in [4.69, 9.17) is 11.6 Å². The second-order valence-corrected chi connectivity index (χ2v) is 6.50. The van der Waals surface area contributed by atoms with E-state index in [1.807, 2.05) is 18.2 Å². The highest BCUT2D eigenvalue weighted by Crippen LogP contribution is 2.26. The van der Waals surface area contributed by atoms with Crippen LogP contribution in [0.2, 0.25) is 5.02 Å². The predicted molar refractivity (Wildman–Crippen MR) is 88.3 cm³/mol. The minimum absolute atomic E-state index is 0.747. The second-order valence-electron chi connectivity index (χ2n) is 4.26. The lowest BCUT2D eigenvalue weighted by atomic mass is 10.2. The van der Waals surface area contributed by atoms with Crippen molar-refractivity contribution in [3.05, 3.63) is 62.9 Å². The summed E-state index contributed by atoms with van der Waals surface area (Å²) in [6.45, 7) is 0.747. The highest BCUT2D eigenvalue weighted by Gasteiger charge is 2.02. The lowest BCUT2D eigenvalue weighted by Gasteiger charge is -2.09. The lowest BCUT2D eigenvalue weighted by molar-refractivity contribution is 1.14. The third-order valence-electron chi connectivity index (χ3n) is 2.94. The largest absolute Gasteiger partial charge is 0.381 e. The van der Waals surface area contributed by atoms with E-state index in [1.165, 1.54) is 10.1 Å². The van der Waals surface area contributed by atoms with Gasteiger partial charge in [-0.15, -0.1) is 11.3 Å². The Balaban J connectivity index is 1.79. The van der Waals surface area contributed by atoms with Crippen molar-refractivity contribution in [1.29, 1.82) is 0 Å². The first-order valence-corrected chi connectivity index (χ1v) is 7.92. The van der Waals surface area contributed by atoms with Gasteiger partial charge in [-0.1, -0.05) is 27.5 Å². The molecule has 0 fully saturated rings. The highest BCUT2D eigenvalue weighted by atomic mass is 79.9. The zero-order valence-electron chi connectivity index (χ0n) is 9.99. The van der Waals surface area contributed by atoms with Gasteiger partial charge in [-0.25, -0.2) is 0 Å². The molecule has 1 heterocycles. The number of hydrogen-bond donors (Lipinski definition) is 1. The number of nitrogens with one attached hydrogen (secondary N) is 1. The SMILES string of the molecule is Clc1ccc(Br)c(CNc2ccc3sccc3c2)c1. The van der Waals surface area contributed by atoms with Gasteiger partial charge in [0, 0.05) is 26.4 Å². The minimum atomic E-state index is 0.747. The summed E-state index contributed by atoms with van der Waals surface area (Å²) in [6, 6.07) is 14.4. The number of rotatable bonds is 3. The zero-order valence-corrected chi connectivity index (χ0v) is 13.1. The van der Waals surface area contributed by atoms with E-state index in [0.29, 0.717) is 0 Å². The molecule has 19 heavy (non-hydrogen) atoms. The Morgan fingerprint density at radius 3 is 2.89 bits per heavy atom. The van der Waals surface area contributed by atoms with Crippen molar-refractivity contribution >= 4 is 54.6 Å². The maximum atomic E-state index is 6.01. The average molecular weight is 353 g/mol. The van der Waals surface area contributed by atoms with Gasteiger partial charge in [0.15, 0.2) is 0 Å². The molecule has 0 unspecified atom stereocenters. The molecule has 0 bridgehead atoms. The van der Waals surface area contributed by atoms with Crippen molar-refractivity contribution in [2.75, 3.05) is 5.32 Å². The monoisotopic (exact) mass is 351 g/mol. The fraction of sp³-hybridized carbons (Fsp3) is 0.0667. The van der Waals surface area contributed by atoms with E-state index in [-0.39, 0.29) is 0 Å². The summed E-state index contributed by atoms with van der Waals surface area (Å²) in [5, 5.41) is 7.58. The van der Waals surface area contributed by atoms with Gasteiger partial charge < -0.3 is 5.32 Å². The quantitative estimate of drug-likeness (QED) is 0.616. The van der Waals surface area contributed by atoms with Crippen LogP contribution in [0.3, 0.4) is 0 Å². The molecule has 0 atom stereocenters. The molecule has 96 valence electrons. The first kappa shape index (κ1) is 13.0. The zero-order chi connectivity index (χ0) is 13.2. The molecule has 0 saturated carbocycles. The summed E-state index contributed by atoms with van der Waals surface area (Å²) < 4.78 is 2.38. The van der Waals surface area contributed by atoms with Crippen molar-refractivity contribution in [3.8, 4) is 0 Å². The molecule has 2 aromatic carbocycles. The average Bonchev–Trinajstić information content (AvgIpc) is 2.87. The molecule has 0 amide bonds. The van der Waals surface area contributed by atoms with Crippen molar-refractivity contribution < 1.29 is 0 Å². The molecule has 0 saturated heterocycles. The number of halogens is 2. The van der Waals surface area contributed by atoms with Gasteiger partial charge in [0.1, 0.15) is 0 Å². The summed E-state index contributed by atoms with van der Waals surface area (Å²) in [6.07, 6.45) is 0. The summed E-state index contributed by atoms with van der Waals surface area (Å²) in [7, 11) is 0. The van der Waals surface area contributed by atoms with Crippen molar-refractivity contribution in [2.24, 2.45) is 0 Å². The molecule has 3 rings (SSSR count). The van der Waals surface area contributed by atoms with Gasteiger partial charge >= 0.3 is 0 Å². The lowest BCUT2D eigenvalue weighted by Crippen LogP contribution is -1.99. The molecule has 4 heteroatoms. The molecule has 3 aromatic rings. The van der Waals surface area contributed by atoms with Gasteiger partial charge in [0.05, 0.1) is 0 Å². The molecule has 0 radical (unpaired) electrons. The summed E-state index contributed by atoms with van der Waals surface area (Å²) >= 11 is 11.3. The van der Waals surface area contributed by atoms with Crippen LogP contribution in [-0.2, 0) is 6.54 Å². The smallest absolute Gasteiger partial charge is 0.0412 e. The molecule has 0 aliphatic heterocycles. The van der Waals surface area contributed by atoms with Crippen LogP contribution in [0.1, 0.15) is 5.56 Å². The highest BCUT2D eigenvalue weighted by molar-refractivity contribution is 9.10. The van der Waals surface area contributed by atoms with Gasteiger partial charge in [0.25, 0.3) is 0 Å². The van der Waals surface area contributed by atoms with E-state index in [1.54, 1.807) is 11.3 Å². The fourth-order valence-electron chi connectivity index (χ4n) is 1.95. The van der Waals surface area contributed by atoms with E-state index < -0.39 is 0 Å². The van der Waals surface area contributed by atoms with Crippen molar-refractivity contribution in [2.45, 2.75) is 6.54 Å². The van der Waals surface area contributed by atoms with Crippen LogP contribution >= 0.6 is 38.9 Å². The second kappa shape index (κ2) is 5.53. The fourth-order valence-corrected chi connectivity index (χ4v) is 3.31. The first-order chi connectivity index (χ1) is 9.22. The Hall–Kier alpha value is -1.03. The van der Waals surface area contributed by atoms with Crippen LogP contribution < -0.4 is 5.32 Å². The Morgan fingerprint density at radius 1 is 1.11 bits per heavy atom. The maximum Gasteiger partial charge on any atom is 0.0412 e.